The molecule has 2 amide bonds. The number of benzene rings is 3. The van der Waals surface area contributed by atoms with Gasteiger partial charge in [0.25, 0.3) is 11.8 Å². The molecular formula is C23H18N4O2. The van der Waals surface area contributed by atoms with Crippen molar-refractivity contribution in [1.29, 1.82) is 0 Å². The molecule has 0 radical (unpaired) electrons. The van der Waals surface area contributed by atoms with Crippen LogP contribution in [0.15, 0.2) is 85.1 Å². The van der Waals surface area contributed by atoms with Crippen LogP contribution in [0.3, 0.4) is 0 Å². The Morgan fingerprint density at radius 2 is 1.45 bits per heavy atom. The summed E-state index contributed by atoms with van der Waals surface area (Å²) >= 11 is 0. The number of hydrogen-bond acceptors (Lipinski definition) is 4. The monoisotopic (exact) mass is 382 g/mol. The van der Waals surface area contributed by atoms with Crippen molar-refractivity contribution in [2.45, 2.75) is 6.54 Å². The topological polar surface area (TPSA) is 84.0 Å². The number of anilines is 1. The van der Waals surface area contributed by atoms with Gasteiger partial charge in [-0.2, -0.15) is 0 Å². The minimum Gasteiger partial charge on any atom is -0.348 e. The van der Waals surface area contributed by atoms with E-state index in [0.29, 0.717) is 28.8 Å². The summed E-state index contributed by atoms with van der Waals surface area (Å²) in [4.78, 5) is 33.9. The average Bonchev–Trinajstić information content (AvgIpc) is 2.78. The number of amides is 2. The van der Waals surface area contributed by atoms with Gasteiger partial charge in [-0.05, 0) is 29.8 Å². The Labute approximate surface area is 167 Å². The molecule has 0 atom stereocenters. The molecule has 4 rings (SSSR count). The third kappa shape index (κ3) is 4.27. The van der Waals surface area contributed by atoms with Crippen molar-refractivity contribution < 1.29 is 9.59 Å². The second-order valence-corrected chi connectivity index (χ2v) is 6.41. The summed E-state index contributed by atoms with van der Waals surface area (Å²) in [7, 11) is 0. The Hall–Kier alpha value is -4.06. The highest BCUT2D eigenvalue weighted by Gasteiger charge is 2.15. The summed E-state index contributed by atoms with van der Waals surface area (Å²) in [5.74, 6) is -0.694. The molecule has 3 aromatic carbocycles. The first-order valence-corrected chi connectivity index (χ1v) is 9.15. The van der Waals surface area contributed by atoms with Crippen LogP contribution in [0.2, 0.25) is 0 Å². The summed E-state index contributed by atoms with van der Waals surface area (Å²) in [6, 6.07) is 23.8. The Balaban J connectivity index is 1.51. The van der Waals surface area contributed by atoms with Gasteiger partial charge in [0.1, 0.15) is 5.69 Å². The highest BCUT2D eigenvalue weighted by molar-refractivity contribution is 6.08. The second kappa shape index (κ2) is 8.31. The van der Waals surface area contributed by atoms with Crippen LogP contribution in [0.1, 0.15) is 26.4 Å². The number of rotatable bonds is 5. The number of fused-ring (bicyclic) bond motifs is 1. The van der Waals surface area contributed by atoms with Crippen molar-refractivity contribution in [3.05, 3.63) is 102 Å². The first-order valence-electron chi connectivity index (χ1n) is 9.15. The van der Waals surface area contributed by atoms with Gasteiger partial charge in [-0.3, -0.25) is 14.6 Å². The lowest BCUT2D eigenvalue weighted by Crippen LogP contribution is -2.25. The van der Waals surface area contributed by atoms with E-state index in [1.165, 1.54) is 6.20 Å². The van der Waals surface area contributed by atoms with Gasteiger partial charge in [-0.25, -0.2) is 4.98 Å². The minimum atomic E-state index is -0.424. The molecule has 0 saturated carbocycles. The molecule has 0 spiro atoms. The molecular weight excluding hydrogens is 364 g/mol. The molecule has 2 N–H and O–H groups in total. The Kier molecular flexibility index (Phi) is 5.25. The lowest BCUT2D eigenvalue weighted by Gasteiger charge is -2.11. The first kappa shape index (κ1) is 18.3. The SMILES string of the molecule is O=C(Nc1ccccc1C(=O)NCc1ccccc1)c1cnc2ccccc2n1. The molecule has 6 heteroatoms. The van der Waals surface area contributed by atoms with E-state index in [9.17, 15) is 9.59 Å². The van der Waals surface area contributed by atoms with Crippen LogP contribution in [-0.4, -0.2) is 21.8 Å². The van der Waals surface area contributed by atoms with E-state index in [0.717, 1.165) is 5.56 Å². The lowest BCUT2D eigenvalue weighted by molar-refractivity contribution is 0.0952. The molecule has 0 aliphatic rings. The number of nitrogens with one attached hydrogen (secondary N) is 2. The number of carbonyl (C=O) groups excluding carboxylic acids is 2. The van der Waals surface area contributed by atoms with Crippen molar-refractivity contribution in [3.8, 4) is 0 Å². The second-order valence-electron chi connectivity index (χ2n) is 6.41. The van der Waals surface area contributed by atoms with E-state index < -0.39 is 5.91 Å². The van der Waals surface area contributed by atoms with Gasteiger partial charge in [0.05, 0.1) is 28.5 Å². The standard InChI is InChI=1S/C23H18N4O2/c28-22(25-14-16-8-2-1-3-9-16)17-10-4-5-11-18(17)27-23(29)21-15-24-19-12-6-7-13-20(19)26-21/h1-13,15H,14H2,(H,25,28)(H,27,29). The smallest absolute Gasteiger partial charge is 0.275 e. The molecule has 0 bridgehead atoms. The molecule has 29 heavy (non-hydrogen) atoms. The quantitative estimate of drug-likeness (QED) is 0.550. The highest BCUT2D eigenvalue weighted by atomic mass is 16.2. The molecule has 4 aromatic rings. The van der Waals surface area contributed by atoms with E-state index in [-0.39, 0.29) is 11.6 Å². The van der Waals surface area contributed by atoms with Gasteiger partial charge in [0.15, 0.2) is 0 Å². The number of para-hydroxylation sites is 3. The molecule has 0 aliphatic carbocycles. The van der Waals surface area contributed by atoms with Crippen LogP contribution in [0.25, 0.3) is 11.0 Å². The first-order chi connectivity index (χ1) is 14.2. The zero-order valence-corrected chi connectivity index (χ0v) is 15.5. The molecule has 142 valence electrons. The number of aromatic nitrogens is 2. The average molecular weight is 382 g/mol. The number of hydrogen-bond donors (Lipinski definition) is 2. The van der Waals surface area contributed by atoms with Crippen molar-refractivity contribution >= 4 is 28.5 Å². The highest BCUT2D eigenvalue weighted by Crippen LogP contribution is 2.17. The Morgan fingerprint density at radius 1 is 0.759 bits per heavy atom. The van der Waals surface area contributed by atoms with Crippen LogP contribution in [0, 0.1) is 0 Å². The Morgan fingerprint density at radius 3 is 2.28 bits per heavy atom. The van der Waals surface area contributed by atoms with Crippen molar-refractivity contribution in [2.75, 3.05) is 5.32 Å². The van der Waals surface area contributed by atoms with Gasteiger partial charge in [-0.1, -0.05) is 54.6 Å². The summed E-state index contributed by atoms with van der Waals surface area (Å²) in [5, 5.41) is 5.64. The van der Waals surface area contributed by atoms with Gasteiger partial charge >= 0.3 is 0 Å². The number of carbonyl (C=O) groups is 2. The van der Waals surface area contributed by atoms with Gasteiger partial charge < -0.3 is 10.6 Å². The van der Waals surface area contributed by atoms with Gasteiger partial charge in [0, 0.05) is 6.54 Å². The van der Waals surface area contributed by atoms with Crippen LogP contribution in [-0.2, 0) is 6.54 Å². The fraction of sp³-hybridized carbons (Fsp3) is 0.0435. The summed E-state index contributed by atoms with van der Waals surface area (Å²) in [5.41, 5.74) is 3.32. The van der Waals surface area contributed by atoms with Crippen molar-refractivity contribution in [1.82, 2.24) is 15.3 Å². The largest absolute Gasteiger partial charge is 0.348 e. The van der Waals surface area contributed by atoms with Crippen LogP contribution >= 0.6 is 0 Å². The van der Waals surface area contributed by atoms with Crippen molar-refractivity contribution in [2.24, 2.45) is 0 Å². The third-order valence-electron chi connectivity index (χ3n) is 4.40. The van der Waals surface area contributed by atoms with E-state index in [2.05, 4.69) is 20.6 Å². The molecule has 1 heterocycles. The maximum Gasteiger partial charge on any atom is 0.275 e. The van der Waals surface area contributed by atoms with Crippen LogP contribution < -0.4 is 10.6 Å². The zero-order chi connectivity index (χ0) is 20.1. The van der Waals surface area contributed by atoms with E-state index in [1.54, 1.807) is 30.3 Å². The predicted molar refractivity (Wildman–Crippen MR) is 112 cm³/mol. The normalized spacial score (nSPS) is 10.5. The fourth-order valence-electron chi connectivity index (χ4n) is 2.92. The maximum atomic E-state index is 12.7. The molecule has 6 nitrogen and oxygen atoms in total. The van der Waals surface area contributed by atoms with Crippen LogP contribution in [0.4, 0.5) is 5.69 Å². The fourth-order valence-corrected chi connectivity index (χ4v) is 2.92. The van der Waals surface area contributed by atoms with E-state index in [4.69, 9.17) is 0 Å². The minimum absolute atomic E-state index is 0.184. The lowest BCUT2D eigenvalue weighted by atomic mass is 10.1. The zero-order valence-electron chi connectivity index (χ0n) is 15.5. The maximum absolute atomic E-state index is 12.7. The summed E-state index contributed by atoms with van der Waals surface area (Å²) < 4.78 is 0. The summed E-state index contributed by atoms with van der Waals surface area (Å²) in [6.07, 6.45) is 1.43. The van der Waals surface area contributed by atoms with Gasteiger partial charge in [-0.15, -0.1) is 0 Å². The molecule has 0 unspecified atom stereocenters. The molecule has 0 aliphatic heterocycles. The van der Waals surface area contributed by atoms with Gasteiger partial charge in [0.2, 0.25) is 0 Å². The van der Waals surface area contributed by atoms with E-state index in [1.807, 2.05) is 48.5 Å². The third-order valence-corrected chi connectivity index (χ3v) is 4.40. The Bertz CT molecular complexity index is 1180. The predicted octanol–water partition coefficient (Wildman–Crippen LogP) is 3.81. The molecule has 1 aromatic heterocycles. The number of nitrogens with zero attached hydrogens (tertiary/aromatic N) is 2. The molecule has 0 fully saturated rings. The van der Waals surface area contributed by atoms with E-state index >= 15 is 0 Å². The van der Waals surface area contributed by atoms with Crippen LogP contribution in [0.5, 0.6) is 0 Å². The van der Waals surface area contributed by atoms with Crippen molar-refractivity contribution in [3.63, 3.8) is 0 Å². The summed E-state index contributed by atoms with van der Waals surface area (Å²) in [6.45, 7) is 0.401. The molecule has 0 saturated heterocycles.